The van der Waals surface area contributed by atoms with Gasteiger partial charge in [-0.25, -0.2) is 0 Å². The van der Waals surface area contributed by atoms with Crippen molar-refractivity contribution in [3.05, 3.63) is 0 Å². The SMILES string of the molecule is CCNCCCNC(=O)C1CCCCCCC1. The van der Waals surface area contributed by atoms with E-state index in [-0.39, 0.29) is 5.92 Å². The third kappa shape index (κ3) is 6.67. The molecule has 0 aromatic heterocycles. The Morgan fingerprint density at radius 2 is 1.71 bits per heavy atom. The average molecular weight is 240 g/mol. The van der Waals surface area contributed by atoms with Crippen LogP contribution in [-0.4, -0.2) is 25.5 Å². The lowest BCUT2D eigenvalue weighted by Crippen LogP contribution is -2.33. The third-order valence-electron chi connectivity index (χ3n) is 3.56. The standard InChI is InChI=1S/C14H28N2O/c1-2-15-11-8-12-16-14(17)13-9-6-4-3-5-7-10-13/h13,15H,2-12H2,1H3,(H,16,17). The topological polar surface area (TPSA) is 41.1 Å². The van der Waals surface area contributed by atoms with Crippen molar-refractivity contribution < 1.29 is 4.79 Å². The van der Waals surface area contributed by atoms with Crippen molar-refractivity contribution >= 4 is 5.91 Å². The summed E-state index contributed by atoms with van der Waals surface area (Å²) in [6.07, 6.45) is 9.67. The van der Waals surface area contributed by atoms with Crippen molar-refractivity contribution in [2.24, 2.45) is 5.92 Å². The number of hydrogen-bond acceptors (Lipinski definition) is 2. The van der Waals surface area contributed by atoms with E-state index >= 15 is 0 Å². The van der Waals surface area contributed by atoms with E-state index in [1.54, 1.807) is 0 Å². The molecule has 0 heterocycles. The second-order valence-electron chi connectivity index (χ2n) is 5.04. The van der Waals surface area contributed by atoms with Gasteiger partial charge in [-0.05, 0) is 32.4 Å². The van der Waals surface area contributed by atoms with Crippen LogP contribution in [0.15, 0.2) is 0 Å². The van der Waals surface area contributed by atoms with Gasteiger partial charge in [0, 0.05) is 12.5 Å². The molecule has 0 aromatic rings. The van der Waals surface area contributed by atoms with E-state index in [1.165, 1.54) is 32.1 Å². The van der Waals surface area contributed by atoms with Gasteiger partial charge in [0.1, 0.15) is 0 Å². The molecule has 17 heavy (non-hydrogen) atoms. The van der Waals surface area contributed by atoms with E-state index < -0.39 is 0 Å². The van der Waals surface area contributed by atoms with Gasteiger partial charge in [-0.2, -0.15) is 0 Å². The van der Waals surface area contributed by atoms with Crippen molar-refractivity contribution in [3.63, 3.8) is 0 Å². The summed E-state index contributed by atoms with van der Waals surface area (Å²) in [6.45, 7) is 4.94. The lowest BCUT2D eigenvalue weighted by Gasteiger charge is -2.19. The molecule has 0 spiro atoms. The van der Waals surface area contributed by atoms with Crippen LogP contribution in [0.4, 0.5) is 0 Å². The molecular weight excluding hydrogens is 212 g/mol. The van der Waals surface area contributed by atoms with Crippen LogP contribution < -0.4 is 10.6 Å². The van der Waals surface area contributed by atoms with Crippen LogP contribution in [0.5, 0.6) is 0 Å². The Hall–Kier alpha value is -0.570. The first-order valence-corrected chi connectivity index (χ1v) is 7.33. The molecule has 0 unspecified atom stereocenters. The second kappa shape index (κ2) is 9.46. The van der Waals surface area contributed by atoms with Crippen molar-refractivity contribution in [2.45, 2.75) is 58.3 Å². The summed E-state index contributed by atoms with van der Waals surface area (Å²) in [6, 6.07) is 0. The Balaban J connectivity index is 2.11. The monoisotopic (exact) mass is 240 g/mol. The van der Waals surface area contributed by atoms with E-state index in [0.29, 0.717) is 5.91 Å². The van der Waals surface area contributed by atoms with E-state index in [4.69, 9.17) is 0 Å². The molecule has 1 aliphatic carbocycles. The molecule has 0 saturated heterocycles. The molecular formula is C14H28N2O. The van der Waals surface area contributed by atoms with Gasteiger partial charge in [0.25, 0.3) is 0 Å². The number of amides is 1. The Morgan fingerprint density at radius 1 is 1.06 bits per heavy atom. The highest BCUT2D eigenvalue weighted by Crippen LogP contribution is 2.22. The summed E-state index contributed by atoms with van der Waals surface area (Å²) in [4.78, 5) is 12.0. The zero-order valence-electron chi connectivity index (χ0n) is 11.3. The molecule has 0 atom stereocenters. The van der Waals surface area contributed by atoms with Gasteiger partial charge in [-0.1, -0.05) is 39.0 Å². The highest BCUT2D eigenvalue weighted by atomic mass is 16.1. The van der Waals surface area contributed by atoms with Gasteiger partial charge in [-0.3, -0.25) is 4.79 Å². The predicted molar refractivity (Wildman–Crippen MR) is 72.0 cm³/mol. The Morgan fingerprint density at radius 3 is 2.35 bits per heavy atom. The highest BCUT2D eigenvalue weighted by molar-refractivity contribution is 5.78. The zero-order chi connectivity index (χ0) is 12.3. The highest BCUT2D eigenvalue weighted by Gasteiger charge is 2.18. The molecule has 3 nitrogen and oxygen atoms in total. The van der Waals surface area contributed by atoms with Crippen molar-refractivity contribution in [2.75, 3.05) is 19.6 Å². The summed E-state index contributed by atoms with van der Waals surface area (Å²) in [5.74, 6) is 0.581. The van der Waals surface area contributed by atoms with Crippen LogP contribution in [0.2, 0.25) is 0 Å². The molecule has 1 saturated carbocycles. The zero-order valence-corrected chi connectivity index (χ0v) is 11.3. The number of nitrogens with one attached hydrogen (secondary N) is 2. The molecule has 1 amide bonds. The maximum atomic E-state index is 12.0. The third-order valence-corrected chi connectivity index (χ3v) is 3.56. The fourth-order valence-corrected chi connectivity index (χ4v) is 2.46. The molecule has 3 heteroatoms. The summed E-state index contributed by atoms with van der Waals surface area (Å²) in [7, 11) is 0. The van der Waals surface area contributed by atoms with E-state index in [0.717, 1.165) is 38.9 Å². The lowest BCUT2D eigenvalue weighted by atomic mass is 9.90. The fourth-order valence-electron chi connectivity index (χ4n) is 2.46. The maximum Gasteiger partial charge on any atom is 0.223 e. The van der Waals surface area contributed by atoms with E-state index in [9.17, 15) is 4.79 Å². The number of carbonyl (C=O) groups is 1. The predicted octanol–water partition coefficient (Wildman–Crippen LogP) is 2.46. The minimum atomic E-state index is 0.287. The summed E-state index contributed by atoms with van der Waals surface area (Å²) in [5.41, 5.74) is 0. The fraction of sp³-hybridized carbons (Fsp3) is 0.929. The molecule has 1 rings (SSSR count). The first-order chi connectivity index (χ1) is 8.34. The van der Waals surface area contributed by atoms with Gasteiger partial charge >= 0.3 is 0 Å². The first kappa shape index (κ1) is 14.5. The molecule has 0 aliphatic heterocycles. The molecule has 1 aliphatic rings. The summed E-state index contributed by atoms with van der Waals surface area (Å²) in [5, 5.41) is 6.35. The van der Waals surface area contributed by atoms with E-state index in [2.05, 4.69) is 17.6 Å². The lowest BCUT2D eigenvalue weighted by molar-refractivity contribution is -0.125. The van der Waals surface area contributed by atoms with Gasteiger partial charge in [0.2, 0.25) is 5.91 Å². The van der Waals surface area contributed by atoms with Crippen LogP contribution in [0.25, 0.3) is 0 Å². The minimum Gasteiger partial charge on any atom is -0.356 e. The summed E-state index contributed by atoms with van der Waals surface area (Å²) >= 11 is 0. The number of hydrogen-bond donors (Lipinski definition) is 2. The molecule has 0 aromatic carbocycles. The van der Waals surface area contributed by atoms with Crippen LogP contribution >= 0.6 is 0 Å². The van der Waals surface area contributed by atoms with Gasteiger partial charge in [-0.15, -0.1) is 0 Å². The average Bonchev–Trinajstić information content (AvgIpc) is 2.28. The molecule has 0 radical (unpaired) electrons. The maximum absolute atomic E-state index is 12.0. The second-order valence-corrected chi connectivity index (χ2v) is 5.04. The first-order valence-electron chi connectivity index (χ1n) is 7.33. The largest absolute Gasteiger partial charge is 0.356 e. The molecule has 2 N–H and O–H groups in total. The molecule has 0 bridgehead atoms. The minimum absolute atomic E-state index is 0.287. The quantitative estimate of drug-likeness (QED) is 0.700. The van der Waals surface area contributed by atoms with Crippen molar-refractivity contribution in [1.29, 1.82) is 0 Å². The van der Waals surface area contributed by atoms with Crippen molar-refractivity contribution in [3.8, 4) is 0 Å². The number of carbonyl (C=O) groups excluding carboxylic acids is 1. The van der Waals surface area contributed by atoms with Crippen LogP contribution in [0.3, 0.4) is 0 Å². The normalized spacial score (nSPS) is 18.4. The molecule has 100 valence electrons. The van der Waals surface area contributed by atoms with Crippen LogP contribution in [-0.2, 0) is 4.79 Å². The Bertz CT molecular complexity index is 198. The van der Waals surface area contributed by atoms with E-state index in [1.807, 2.05) is 0 Å². The van der Waals surface area contributed by atoms with Crippen molar-refractivity contribution in [1.82, 2.24) is 10.6 Å². The van der Waals surface area contributed by atoms with Gasteiger partial charge in [0.15, 0.2) is 0 Å². The van der Waals surface area contributed by atoms with Gasteiger partial charge < -0.3 is 10.6 Å². The Labute approximate surface area is 106 Å². The van der Waals surface area contributed by atoms with Gasteiger partial charge in [0.05, 0.1) is 0 Å². The summed E-state index contributed by atoms with van der Waals surface area (Å²) < 4.78 is 0. The van der Waals surface area contributed by atoms with Crippen LogP contribution in [0.1, 0.15) is 58.3 Å². The smallest absolute Gasteiger partial charge is 0.223 e. The molecule has 1 fully saturated rings. The van der Waals surface area contributed by atoms with Crippen LogP contribution in [0, 0.1) is 5.92 Å². The Kier molecular flexibility index (Phi) is 8.06. The number of rotatable bonds is 6.